The molecule has 1 saturated heterocycles. The molecular formula is C28H24N2O7S. The summed E-state index contributed by atoms with van der Waals surface area (Å²) in [5.41, 5.74) is 1.43. The van der Waals surface area contributed by atoms with E-state index < -0.39 is 17.7 Å². The van der Waals surface area contributed by atoms with Crippen molar-refractivity contribution in [3.63, 3.8) is 0 Å². The Morgan fingerprint density at radius 1 is 0.895 bits per heavy atom. The molecule has 0 aliphatic carbocycles. The fraction of sp³-hybridized carbons (Fsp3) is 0.179. The first kappa shape index (κ1) is 25.1. The lowest BCUT2D eigenvalue weighted by Gasteiger charge is -2.24. The topological polar surface area (TPSA) is 107 Å². The maximum Gasteiger partial charge on any atom is 0.301 e. The van der Waals surface area contributed by atoms with Gasteiger partial charge in [0.2, 0.25) is 5.75 Å². The van der Waals surface area contributed by atoms with Crippen molar-refractivity contribution in [1.82, 2.24) is 4.98 Å². The average molecular weight is 533 g/mol. The molecule has 1 amide bonds. The Morgan fingerprint density at radius 3 is 2.18 bits per heavy atom. The standard InChI is InChI=1S/C28H24N2O7S/c1-34-17-10-11-18-21(14-17)38-28(29-18)30-23(16-12-19(35-2)26(37-4)20(13-16)36-3)22(25(32)27(30)33)24(31)15-8-6-5-7-9-15/h5-14,23,31H,1-4H3. The van der Waals surface area contributed by atoms with E-state index >= 15 is 0 Å². The van der Waals surface area contributed by atoms with Gasteiger partial charge < -0.3 is 24.1 Å². The van der Waals surface area contributed by atoms with Gasteiger partial charge in [-0.15, -0.1) is 0 Å². The first-order valence-corrected chi connectivity index (χ1v) is 12.3. The molecule has 1 aliphatic rings. The van der Waals surface area contributed by atoms with E-state index in [1.54, 1.807) is 61.7 Å². The Kier molecular flexibility index (Phi) is 6.64. The molecule has 1 aromatic heterocycles. The maximum atomic E-state index is 13.6. The number of anilines is 1. The van der Waals surface area contributed by atoms with E-state index in [0.717, 1.165) is 4.70 Å². The van der Waals surface area contributed by atoms with Crippen LogP contribution in [0.1, 0.15) is 17.2 Å². The molecule has 1 N–H and O–H groups in total. The van der Waals surface area contributed by atoms with Gasteiger partial charge in [0.1, 0.15) is 11.5 Å². The van der Waals surface area contributed by atoms with Crippen LogP contribution >= 0.6 is 11.3 Å². The molecule has 38 heavy (non-hydrogen) atoms. The molecule has 194 valence electrons. The number of ether oxygens (including phenoxy) is 4. The van der Waals surface area contributed by atoms with Crippen molar-refractivity contribution in [1.29, 1.82) is 0 Å². The molecule has 10 heteroatoms. The summed E-state index contributed by atoms with van der Waals surface area (Å²) in [6, 6.07) is 16.2. The van der Waals surface area contributed by atoms with Gasteiger partial charge in [-0.1, -0.05) is 41.7 Å². The molecule has 4 aromatic rings. The Morgan fingerprint density at radius 2 is 1.58 bits per heavy atom. The maximum absolute atomic E-state index is 13.6. The molecule has 1 atom stereocenters. The predicted molar refractivity (Wildman–Crippen MR) is 143 cm³/mol. The van der Waals surface area contributed by atoms with Crippen molar-refractivity contribution in [3.05, 3.63) is 77.4 Å². The largest absolute Gasteiger partial charge is 0.507 e. The van der Waals surface area contributed by atoms with Crippen LogP contribution in [-0.4, -0.2) is 50.2 Å². The van der Waals surface area contributed by atoms with Gasteiger partial charge in [0.15, 0.2) is 16.6 Å². The fourth-order valence-electron chi connectivity index (χ4n) is 4.48. The number of aliphatic hydroxyl groups is 1. The highest BCUT2D eigenvalue weighted by molar-refractivity contribution is 7.22. The number of methoxy groups -OCH3 is 4. The summed E-state index contributed by atoms with van der Waals surface area (Å²) < 4.78 is 22.6. The molecule has 0 saturated carbocycles. The van der Waals surface area contributed by atoms with Crippen molar-refractivity contribution < 1.29 is 33.6 Å². The molecule has 9 nitrogen and oxygen atoms in total. The molecule has 5 rings (SSSR count). The van der Waals surface area contributed by atoms with E-state index in [4.69, 9.17) is 18.9 Å². The highest BCUT2D eigenvalue weighted by Gasteiger charge is 2.48. The Bertz CT molecular complexity index is 1550. The number of amides is 1. The third kappa shape index (κ3) is 4.08. The van der Waals surface area contributed by atoms with Crippen LogP contribution in [0.4, 0.5) is 5.13 Å². The Hall–Kier alpha value is -4.57. The second kappa shape index (κ2) is 10.1. The second-order valence-corrected chi connectivity index (χ2v) is 9.33. The Labute approximate surface area is 222 Å². The number of aromatic nitrogens is 1. The first-order valence-electron chi connectivity index (χ1n) is 11.5. The summed E-state index contributed by atoms with van der Waals surface area (Å²) in [5, 5.41) is 11.6. The zero-order valence-electron chi connectivity index (χ0n) is 21.1. The Balaban J connectivity index is 1.77. The number of benzene rings is 3. The minimum atomic E-state index is -1.02. The minimum absolute atomic E-state index is 0.0766. The number of ketones is 1. The van der Waals surface area contributed by atoms with Crippen LogP contribution < -0.4 is 23.8 Å². The van der Waals surface area contributed by atoms with Gasteiger partial charge in [0.05, 0.1) is 50.3 Å². The number of Topliss-reactive ketones (excluding diaryl/α,β-unsaturated/α-hetero) is 1. The number of rotatable bonds is 7. The fourth-order valence-corrected chi connectivity index (χ4v) is 5.50. The van der Waals surface area contributed by atoms with Gasteiger partial charge >= 0.3 is 5.91 Å². The number of carbonyl (C=O) groups is 2. The van der Waals surface area contributed by atoms with Crippen LogP contribution in [-0.2, 0) is 9.59 Å². The summed E-state index contributed by atoms with van der Waals surface area (Å²) in [6.45, 7) is 0. The first-order chi connectivity index (χ1) is 18.4. The van der Waals surface area contributed by atoms with E-state index in [-0.39, 0.29) is 11.3 Å². The van der Waals surface area contributed by atoms with Crippen molar-refractivity contribution in [3.8, 4) is 23.0 Å². The minimum Gasteiger partial charge on any atom is -0.507 e. The SMILES string of the molecule is COc1ccc2nc(N3C(=O)C(=O)C(=C(O)c4ccccc4)C3c3cc(OC)c(OC)c(OC)c3)sc2c1. The van der Waals surface area contributed by atoms with Gasteiger partial charge in [-0.25, -0.2) is 4.98 Å². The van der Waals surface area contributed by atoms with E-state index in [9.17, 15) is 14.7 Å². The van der Waals surface area contributed by atoms with Crippen molar-refractivity contribution in [2.45, 2.75) is 6.04 Å². The summed E-state index contributed by atoms with van der Waals surface area (Å²) >= 11 is 1.24. The quantitative estimate of drug-likeness (QED) is 0.202. The van der Waals surface area contributed by atoms with Gasteiger partial charge in [0, 0.05) is 5.56 Å². The number of hydrogen-bond donors (Lipinski definition) is 1. The van der Waals surface area contributed by atoms with Crippen molar-refractivity contribution in [2.75, 3.05) is 33.3 Å². The summed E-state index contributed by atoms with van der Waals surface area (Å²) in [6.07, 6.45) is 0. The molecule has 1 aliphatic heterocycles. The third-order valence-electron chi connectivity index (χ3n) is 6.28. The number of nitrogens with zero attached hydrogens (tertiary/aromatic N) is 2. The summed E-state index contributed by atoms with van der Waals surface area (Å²) in [5.74, 6) is -0.282. The summed E-state index contributed by atoms with van der Waals surface area (Å²) in [7, 11) is 6.00. The number of carbonyl (C=O) groups excluding carboxylic acids is 2. The van der Waals surface area contributed by atoms with Gasteiger partial charge in [-0.2, -0.15) is 0 Å². The lowest BCUT2D eigenvalue weighted by molar-refractivity contribution is -0.132. The van der Waals surface area contributed by atoms with E-state index in [1.807, 2.05) is 6.07 Å². The monoisotopic (exact) mass is 532 g/mol. The lowest BCUT2D eigenvalue weighted by Crippen LogP contribution is -2.29. The lowest BCUT2D eigenvalue weighted by atomic mass is 9.95. The molecule has 1 unspecified atom stereocenters. The van der Waals surface area contributed by atoms with Crippen LogP contribution in [0.15, 0.2) is 66.2 Å². The highest BCUT2D eigenvalue weighted by Crippen LogP contribution is 2.48. The second-order valence-electron chi connectivity index (χ2n) is 8.32. The van der Waals surface area contributed by atoms with Crippen LogP contribution in [0.25, 0.3) is 16.0 Å². The molecule has 3 aromatic carbocycles. The molecule has 0 bridgehead atoms. The zero-order chi connectivity index (χ0) is 27.0. The number of hydrogen-bond acceptors (Lipinski definition) is 9. The normalized spacial score (nSPS) is 16.6. The van der Waals surface area contributed by atoms with Gasteiger partial charge in [0.25, 0.3) is 5.78 Å². The molecular weight excluding hydrogens is 508 g/mol. The average Bonchev–Trinajstić information content (AvgIpc) is 3.49. The highest BCUT2D eigenvalue weighted by atomic mass is 32.1. The number of thiazole rings is 1. The smallest absolute Gasteiger partial charge is 0.301 e. The number of aliphatic hydroxyl groups excluding tert-OH is 1. The van der Waals surface area contributed by atoms with E-state index in [2.05, 4.69) is 4.98 Å². The van der Waals surface area contributed by atoms with Crippen LogP contribution in [0.3, 0.4) is 0 Å². The molecule has 2 heterocycles. The van der Waals surface area contributed by atoms with Crippen molar-refractivity contribution in [2.24, 2.45) is 0 Å². The summed E-state index contributed by atoms with van der Waals surface area (Å²) in [4.78, 5) is 33.0. The van der Waals surface area contributed by atoms with Crippen molar-refractivity contribution >= 4 is 44.1 Å². The van der Waals surface area contributed by atoms with Gasteiger partial charge in [-0.3, -0.25) is 14.5 Å². The molecule has 0 radical (unpaired) electrons. The molecule has 1 fully saturated rings. The van der Waals surface area contributed by atoms with Crippen LogP contribution in [0.2, 0.25) is 0 Å². The molecule has 0 spiro atoms. The zero-order valence-corrected chi connectivity index (χ0v) is 21.9. The number of fused-ring (bicyclic) bond motifs is 1. The van der Waals surface area contributed by atoms with E-state index in [1.165, 1.54) is 37.6 Å². The van der Waals surface area contributed by atoms with E-state index in [0.29, 0.717) is 44.8 Å². The van der Waals surface area contributed by atoms with Gasteiger partial charge in [-0.05, 0) is 35.9 Å². The van der Waals surface area contributed by atoms with Crippen LogP contribution in [0, 0.1) is 0 Å². The third-order valence-corrected chi connectivity index (χ3v) is 7.30. The van der Waals surface area contributed by atoms with Crippen LogP contribution in [0.5, 0.6) is 23.0 Å². The predicted octanol–water partition coefficient (Wildman–Crippen LogP) is 4.96.